The summed E-state index contributed by atoms with van der Waals surface area (Å²) in [4.78, 5) is 12.0. The van der Waals surface area contributed by atoms with Crippen molar-refractivity contribution in [2.75, 3.05) is 14.2 Å². The molecule has 5 nitrogen and oxygen atoms in total. The van der Waals surface area contributed by atoms with Crippen molar-refractivity contribution in [3.8, 4) is 17.2 Å². The lowest BCUT2D eigenvalue weighted by molar-refractivity contribution is 0.0596. The Balaban J connectivity index is 1.98. The summed E-state index contributed by atoms with van der Waals surface area (Å²) >= 11 is 5.98. The zero-order valence-corrected chi connectivity index (χ0v) is 13.4. The first kappa shape index (κ1) is 15.5. The molecule has 2 aromatic carbocycles. The van der Waals surface area contributed by atoms with Gasteiger partial charge in [-0.15, -0.1) is 0 Å². The van der Waals surface area contributed by atoms with E-state index in [4.69, 9.17) is 25.8 Å². The van der Waals surface area contributed by atoms with Crippen LogP contribution >= 0.6 is 11.6 Å². The van der Waals surface area contributed by atoms with E-state index in [1.807, 2.05) is 24.3 Å². The normalized spacial score (nSPS) is 15.7. The average molecular weight is 335 g/mol. The summed E-state index contributed by atoms with van der Waals surface area (Å²) in [6.45, 7) is 0. The van der Waals surface area contributed by atoms with E-state index < -0.39 is 5.97 Å². The number of hydrogen-bond donors (Lipinski definition) is 1. The molecule has 0 saturated heterocycles. The predicted molar refractivity (Wildman–Crippen MR) is 84.5 cm³/mol. The molecule has 0 radical (unpaired) electrons. The van der Waals surface area contributed by atoms with Crippen LogP contribution in [0.15, 0.2) is 30.3 Å². The van der Waals surface area contributed by atoms with Crippen LogP contribution in [0.5, 0.6) is 17.2 Å². The highest BCUT2D eigenvalue weighted by molar-refractivity contribution is 6.32. The Hall–Kier alpha value is -2.40. The smallest absolute Gasteiger partial charge is 0.342 e. The molecule has 0 aromatic heterocycles. The van der Waals surface area contributed by atoms with Crippen LogP contribution in [-0.2, 0) is 11.2 Å². The largest absolute Gasteiger partial charge is 0.505 e. The third-order valence-electron chi connectivity index (χ3n) is 3.86. The molecule has 1 heterocycles. The first-order valence-corrected chi connectivity index (χ1v) is 7.36. The Labute approximate surface area is 138 Å². The molecule has 0 saturated carbocycles. The molecule has 23 heavy (non-hydrogen) atoms. The van der Waals surface area contributed by atoms with Gasteiger partial charge in [-0.25, -0.2) is 4.79 Å². The Bertz CT molecular complexity index is 755. The number of ether oxygens (including phenoxy) is 3. The van der Waals surface area contributed by atoms with Gasteiger partial charge in [-0.05, 0) is 17.7 Å². The van der Waals surface area contributed by atoms with Crippen molar-refractivity contribution < 1.29 is 24.1 Å². The highest BCUT2D eigenvalue weighted by atomic mass is 35.5. The monoisotopic (exact) mass is 334 g/mol. The van der Waals surface area contributed by atoms with Crippen LogP contribution in [-0.4, -0.2) is 25.3 Å². The third-order valence-corrected chi connectivity index (χ3v) is 4.14. The number of carbonyl (C=O) groups is 1. The summed E-state index contributed by atoms with van der Waals surface area (Å²) < 4.78 is 15.8. The minimum absolute atomic E-state index is 0.0551. The minimum atomic E-state index is -0.639. The van der Waals surface area contributed by atoms with Gasteiger partial charge in [-0.2, -0.15) is 0 Å². The van der Waals surface area contributed by atoms with Crippen molar-refractivity contribution in [3.05, 3.63) is 52.0 Å². The van der Waals surface area contributed by atoms with E-state index >= 15 is 0 Å². The molecule has 1 unspecified atom stereocenters. The fourth-order valence-electron chi connectivity index (χ4n) is 2.67. The molecular weight excluding hydrogens is 320 g/mol. The summed E-state index contributed by atoms with van der Waals surface area (Å²) in [5.74, 6) is 0.311. The molecule has 0 bridgehead atoms. The first-order chi connectivity index (χ1) is 11.0. The lowest BCUT2D eigenvalue weighted by Crippen LogP contribution is -2.06. The topological polar surface area (TPSA) is 65.0 Å². The van der Waals surface area contributed by atoms with Crippen molar-refractivity contribution in [2.24, 2.45) is 0 Å². The van der Waals surface area contributed by atoms with Crippen LogP contribution in [0.3, 0.4) is 0 Å². The van der Waals surface area contributed by atoms with Crippen molar-refractivity contribution in [3.63, 3.8) is 0 Å². The Morgan fingerprint density at radius 3 is 2.61 bits per heavy atom. The molecule has 1 N–H and O–H groups in total. The van der Waals surface area contributed by atoms with Crippen molar-refractivity contribution in [1.29, 1.82) is 0 Å². The molecule has 6 heteroatoms. The number of benzene rings is 2. The van der Waals surface area contributed by atoms with Crippen molar-refractivity contribution >= 4 is 17.6 Å². The maximum Gasteiger partial charge on any atom is 0.342 e. The molecule has 0 spiro atoms. The van der Waals surface area contributed by atoms with Gasteiger partial charge in [0, 0.05) is 18.1 Å². The average Bonchev–Trinajstić information content (AvgIpc) is 2.98. The number of fused-ring (bicyclic) bond motifs is 1. The molecule has 2 aromatic rings. The van der Waals surface area contributed by atoms with Crippen LogP contribution in [0.25, 0.3) is 0 Å². The van der Waals surface area contributed by atoms with E-state index in [0.717, 1.165) is 11.3 Å². The van der Waals surface area contributed by atoms with E-state index in [-0.39, 0.29) is 22.4 Å². The van der Waals surface area contributed by atoms with Crippen molar-refractivity contribution in [1.82, 2.24) is 0 Å². The molecule has 0 amide bonds. The minimum Gasteiger partial charge on any atom is -0.505 e. The van der Waals surface area contributed by atoms with Gasteiger partial charge in [-0.1, -0.05) is 23.7 Å². The zero-order valence-electron chi connectivity index (χ0n) is 12.6. The number of methoxy groups -OCH3 is 2. The molecule has 0 fully saturated rings. The summed E-state index contributed by atoms with van der Waals surface area (Å²) in [6, 6.07) is 8.99. The lowest BCUT2D eigenvalue weighted by Gasteiger charge is -2.11. The van der Waals surface area contributed by atoms with Crippen LogP contribution < -0.4 is 9.47 Å². The summed E-state index contributed by atoms with van der Waals surface area (Å²) in [7, 11) is 2.86. The van der Waals surface area contributed by atoms with Crippen molar-refractivity contribution in [2.45, 2.75) is 12.5 Å². The van der Waals surface area contributed by atoms with Crippen LogP contribution in [0, 0.1) is 0 Å². The van der Waals surface area contributed by atoms with Gasteiger partial charge < -0.3 is 19.3 Å². The van der Waals surface area contributed by atoms with Crippen LogP contribution in [0.4, 0.5) is 0 Å². The van der Waals surface area contributed by atoms with E-state index in [1.165, 1.54) is 13.2 Å². The molecule has 1 atom stereocenters. The standard InChI is InChI=1S/C17H15ClO5/c1-21-10-5-3-9(4-6-10)13-7-11-14(23-13)8-12(18)16(19)15(11)17(20)22-2/h3-6,8,13,19H,7H2,1-2H3. The molecule has 1 aliphatic rings. The van der Waals surface area contributed by atoms with Crippen LogP contribution in [0.1, 0.15) is 27.6 Å². The molecular formula is C17H15ClO5. The predicted octanol–water partition coefficient (Wildman–Crippen LogP) is 3.52. The number of halogens is 1. The second-order valence-electron chi connectivity index (χ2n) is 5.13. The van der Waals surface area contributed by atoms with E-state index in [0.29, 0.717) is 17.7 Å². The van der Waals surface area contributed by atoms with Gasteiger partial charge in [0.2, 0.25) is 0 Å². The summed E-state index contributed by atoms with van der Waals surface area (Å²) in [5.41, 5.74) is 1.60. The lowest BCUT2D eigenvalue weighted by atomic mass is 9.99. The summed E-state index contributed by atoms with van der Waals surface area (Å²) in [6.07, 6.45) is 0.175. The van der Waals surface area contributed by atoms with E-state index in [2.05, 4.69) is 0 Å². The number of carbonyl (C=O) groups excluding carboxylic acids is 1. The highest BCUT2D eigenvalue weighted by Gasteiger charge is 2.32. The Kier molecular flexibility index (Phi) is 4.05. The van der Waals surface area contributed by atoms with E-state index in [1.54, 1.807) is 7.11 Å². The second-order valence-corrected chi connectivity index (χ2v) is 5.54. The fourth-order valence-corrected chi connectivity index (χ4v) is 2.86. The van der Waals surface area contributed by atoms with Gasteiger partial charge in [0.1, 0.15) is 28.9 Å². The van der Waals surface area contributed by atoms with Gasteiger partial charge in [0.15, 0.2) is 0 Å². The number of esters is 1. The maximum atomic E-state index is 12.0. The molecule has 3 rings (SSSR count). The quantitative estimate of drug-likeness (QED) is 0.870. The van der Waals surface area contributed by atoms with Crippen LogP contribution in [0.2, 0.25) is 5.02 Å². The number of phenols is 1. The SMILES string of the molecule is COC(=O)c1c(O)c(Cl)cc2c1CC(c1ccc(OC)cc1)O2. The summed E-state index contributed by atoms with van der Waals surface area (Å²) in [5, 5.41) is 10.1. The second kappa shape index (κ2) is 6.01. The molecule has 120 valence electrons. The zero-order chi connectivity index (χ0) is 16.6. The number of hydrogen-bond acceptors (Lipinski definition) is 5. The number of aromatic hydroxyl groups is 1. The van der Waals surface area contributed by atoms with Gasteiger partial charge in [0.25, 0.3) is 0 Å². The molecule has 0 aliphatic carbocycles. The Morgan fingerprint density at radius 1 is 1.30 bits per heavy atom. The highest BCUT2D eigenvalue weighted by Crippen LogP contribution is 2.45. The van der Waals surface area contributed by atoms with Gasteiger partial charge in [-0.3, -0.25) is 0 Å². The number of rotatable bonds is 3. The van der Waals surface area contributed by atoms with Gasteiger partial charge >= 0.3 is 5.97 Å². The first-order valence-electron chi connectivity index (χ1n) is 6.98. The Morgan fingerprint density at radius 2 is 2.00 bits per heavy atom. The fraction of sp³-hybridized carbons (Fsp3) is 0.235. The number of phenolic OH excluding ortho intramolecular Hbond substituents is 1. The van der Waals surface area contributed by atoms with Gasteiger partial charge in [0.05, 0.1) is 19.2 Å². The maximum absolute atomic E-state index is 12.0. The molecule has 1 aliphatic heterocycles. The third kappa shape index (κ3) is 2.68. The van der Waals surface area contributed by atoms with E-state index in [9.17, 15) is 9.90 Å².